The summed E-state index contributed by atoms with van der Waals surface area (Å²) < 4.78 is 24.7. The number of hydrogen-bond acceptors (Lipinski definition) is 5. The van der Waals surface area contributed by atoms with E-state index in [2.05, 4.69) is 41.5 Å². The lowest BCUT2D eigenvalue weighted by Gasteiger charge is -2.55. The van der Waals surface area contributed by atoms with Crippen LogP contribution < -0.4 is 5.73 Å². The summed E-state index contributed by atoms with van der Waals surface area (Å²) in [5, 5.41) is 0. The average molecular weight is 464 g/mol. The van der Waals surface area contributed by atoms with Crippen molar-refractivity contribution in [1.82, 2.24) is 0 Å². The van der Waals surface area contributed by atoms with Crippen molar-refractivity contribution in [1.29, 1.82) is 0 Å². The summed E-state index contributed by atoms with van der Waals surface area (Å²) in [6, 6.07) is -0.230. The Kier molecular flexibility index (Phi) is 13.8. The molecule has 0 saturated carbocycles. The summed E-state index contributed by atoms with van der Waals surface area (Å²) in [4.78, 5) is 0. The Labute approximate surface area is 193 Å². The van der Waals surface area contributed by atoms with Crippen molar-refractivity contribution in [2.45, 2.75) is 110 Å². The molecule has 0 rings (SSSR count). The van der Waals surface area contributed by atoms with E-state index in [4.69, 9.17) is 24.7 Å². The van der Waals surface area contributed by atoms with Crippen LogP contribution in [0, 0.1) is 10.8 Å². The van der Waals surface area contributed by atoms with E-state index in [1.165, 1.54) is 38.5 Å². The molecule has 0 spiro atoms. The molecule has 7 heteroatoms. The first-order chi connectivity index (χ1) is 13.9. The number of rotatable bonds is 18. The summed E-state index contributed by atoms with van der Waals surface area (Å²) in [5.41, 5.74) is 4.86. The second kappa shape index (κ2) is 13.7. The summed E-state index contributed by atoms with van der Waals surface area (Å²) in [5.74, 6) is 0. The van der Waals surface area contributed by atoms with E-state index in [0.717, 1.165) is 33.3 Å². The minimum Gasteiger partial charge on any atom is -0.357 e. The van der Waals surface area contributed by atoms with Gasteiger partial charge in [-0.15, -0.1) is 0 Å². The van der Waals surface area contributed by atoms with Crippen LogP contribution in [0.3, 0.4) is 0 Å². The van der Waals surface area contributed by atoms with Gasteiger partial charge in [-0.3, -0.25) is 0 Å². The number of hydrogen-bond donors (Lipinski definition) is 1. The Balaban J connectivity index is 5.35. The van der Waals surface area contributed by atoms with Gasteiger partial charge in [-0.2, -0.15) is 0 Å². The van der Waals surface area contributed by atoms with Gasteiger partial charge in [0.25, 0.3) is 0 Å². The molecule has 0 aliphatic heterocycles. The van der Waals surface area contributed by atoms with Gasteiger partial charge >= 0.3 is 0 Å². The molecule has 2 N–H and O–H groups in total. The van der Waals surface area contributed by atoms with Crippen LogP contribution in [0.4, 0.5) is 0 Å². The lowest BCUT2D eigenvalue weighted by atomic mass is 9.68. The van der Waals surface area contributed by atoms with Crippen LogP contribution in [0.5, 0.6) is 0 Å². The normalized spacial score (nSPS) is 18.3. The highest BCUT2D eigenvalue weighted by Gasteiger charge is 2.57. The van der Waals surface area contributed by atoms with Crippen molar-refractivity contribution >= 4 is 20.5 Å². The van der Waals surface area contributed by atoms with Crippen LogP contribution in [-0.4, -0.2) is 64.8 Å². The van der Waals surface area contributed by atoms with E-state index in [0.29, 0.717) is 13.2 Å². The first kappa shape index (κ1) is 30.2. The van der Waals surface area contributed by atoms with Gasteiger partial charge in [-0.25, -0.2) is 0 Å². The highest BCUT2D eigenvalue weighted by atomic mass is 28.2. The maximum absolute atomic E-state index is 6.98. The molecule has 0 radical (unpaired) electrons. The third-order valence-corrected chi connectivity index (χ3v) is 11.4. The minimum atomic E-state index is -0.659. The van der Waals surface area contributed by atoms with Crippen molar-refractivity contribution < 1.29 is 18.9 Å². The lowest BCUT2D eigenvalue weighted by Crippen LogP contribution is -2.68. The highest BCUT2D eigenvalue weighted by Crippen LogP contribution is 2.47. The van der Waals surface area contributed by atoms with Crippen LogP contribution in [-0.2, 0) is 18.9 Å². The van der Waals surface area contributed by atoms with Crippen LogP contribution in [0.25, 0.3) is 0 Å². The Hall–Kier alpha value is 0.234. The monoisotopic (exact) mass is 463 g/mol. The number of ether oxygens (including phenoxy) is 4. The van der Waals surface area contributed by atoms with Crippen molar-refractivity contribution in [2.75, 3.05) is 27.4 Å². The summed E-state index contributed by atoms with van der Waals surface area (Å²) in [7, 11) is 4.94. The van der Waals surface area contributed by atoms with Gasteiger partial charge in [0, 0.05) is 44.3 Å². The first-order valence-corrected chi connectivity index (χ1v) is 14.0. The fraction of sp³-hybridized carbons (Fsp3) is 1.00. The molecule has 0 amide bonds. The summed E-state index contributed by atoms with van der Waals surface area (Å²) in [6.07, 6.45) is 9.42. The van der Waals surface area contributed by atoms with E-state index in [-0.39, 0.29) is 6.04 Å². The second-order valence-electron chi connectivity index (χ2n) is 10.0. The van der Waals surface area contributed by atoms with Crippen molar-refractivity contribution in [2.24, 2.45) is 16.6 Å². The van der Waals surface area contributed by atoms with Gasteiger partial charge in [-0.1, -0.05) is 80.1 Å². The Bertz CT molecular complexity index is 424. The molecule has 0 fully saturated rings. The maximum atomic E-state index is 6.98. The molecule has 0 aromatic carbocycles. The zero-order valence-corrected chi connectivity index (χ0v) is 25.9. The van der Waals surface area contributed by atoms with Gasteiger partial charge in [-0.05, 0) is 12.8 Å². The maximum Gasteiger partial charge on any atom is 0.147 e. The topological polar surface area (TPSA) is 62.9 Å². The molecule has 5 nitrogen and oxygen atoms in total. The predicted octanol–water partition coefficient (Wildman–Crippen LogP) is 2.89. The molecule has 182 valence electrons. The van der Waals surface area contributed by atoms with Crippen LogP contribution in [0.2, 0.25) is 0 Å². The van der Waals surface area contributed by atoms with Crippen LogP contribution in [0.1, 0.15) is 92.9 Å². The smallest absolute Gasteiger partial charge is 0.147 e. The molecular formula is C23H53NO4Si2. The van der Waals surface area contributed by atoms with Crippen molar-refractivity contribution in [3.8, 4) is 0 Å². The van der Waals surface area contributed by atoms with Gasteiger partial charge in [0.15, 0.2) is 0 Å². The zero-order chi connectivity index (χ0) is 23.5. The largest absolute Gasteiger partial charge is 0.357 e. The van der Waals surface area contributed by atoms with Gasteiger partial charge in [0.05, 0.1) is 20.5 Å². The van der Waals surface area contributed by atoms with Gasteiger partial charge in [0.2, 0.25) is 0 Å². The molecule has 2 atom stereocenters. The molecule has 0 heterocycles. The molecule has 2 unspecified atom stereocenters. The van der Waals surface area contributed by atoms with Crippen molar-refractivity contribution in [3.05, 3.63) is 0 Å². The fourth-order valence-corrected chi connectivity index (χ4v) is 5.10. The van der Waals surface area contributed by atoms with E-state index in [1.807, 2.05) is 0 Å². The van der Waals surface area contributed by atoms with Gasteiger partial charge < -0.3 is 24.7 Å². The molecule has 0 aliphatic carbocycles. The molecule has 0 saturated heterocycles. The van der Waals surface area contributed by atoms with E-state index >= 15 is 0 Å². The Morgan fingerprint density at radius 2 is 1.00 bits per heavy atom. The van der Waals surface area contributed by atoms with Crippen LogP contribution >= 0.6 is 0 Å². The zero-order valence-electron chi connectivity index (χ0n) is 21.9. The third kappa shape index (κ3) is 7.68. The standard InChI is InChI=1S/C23H53NO4Si2/c1-9-11-13-15-17-27-22(29,25-7)20(3,4)19(24)21(5,6)23(30,26-8)28-18-16-14-12-10-2/h19H,9-18,24H2,1-8,29-30H3. The molecule has 30 heavy (non-hydrogen) atoms. The number of nitrogens with two attached hydrogens (primary N) is 1. The van der Waals surface area contributed by atoms with E-state index in [1.54, 1.807) is 14.2 Å². The molecular weight excluding hydrogens is 410 g/mol. The SMILES string of the molecule is CCCCCCOC([SiH3])(OC)C(C)(C)C(N)C(C)(C)C([SiH3])(OC)OCCCCCC. The molecule has 0 aromatic heterocycles. The summed E-state index contributed by atoms with van der Waals surface area (Å²) in [6.45, 7) is 14.5. The van der Waals surface area contributed by atoms with Gasteiger partial charge in [0.1, 0.15) is 10.8 Å². The summed E-state index contributed by atoms with van der Waals surface area (Å²) >= 11 is 0. The number of methoxy groups -OCH3 is 2. The fourth-order valence-electron chi connectivity index (χ4n) is 4.07. The first-order valence-electron chi connectivity index (χ1n) is 12.0. The van der Waals surface area contributed by atoms with E-state index < -0.39 is 21.7 Å². The quantitative estimate of drug-likeness (QED) is 0.192. The number of unbranched alkanes of at least 4 members (excludes halogenated alkanes) is 6. The lowest BCUT2D eigenvalue weighted by molar-refractivity contribution is -0.268. The Morgan fingerprint density at radius 1 is 0.667 bits per heavy atom. The molecule has 0 aliphatic rings. The highest BCUT2D eigenvalue weighted by molar-refractivity contribution is 6.14. The van der Waals surface area contributed by atoms with Crippen molar-refractivity contribution in [3.63, 3.8) is 0 Å². The molecule has 0 bridgehead atoms. The third-order valence-electron chi connectivity index (χ3n) is 7.43. The van der Waals surface area contributed by atoms with E-state index in [9.17, 15) is 0 Å². The predicted molar refractivity (Wildman–Crippen MR) is 135 cm³/mol. The van der Waals surface area contributed by atoms with Crippen LogP contribution in [0.15, 0.2) is 0 Å². The molecule has 0 aromatic rings. The Morgan fingerprint density at radius 3 is 1.27 bits per heavy atom. The second-order valence-corrected chi connectivity index (χ2v) is 12.7. The minimum absolute atomic E-state index is 0.230. The average Bonchev–Trinajstić information content (AvgIpc) is 2.71.